The summed E-state index contributed by atoms with van der Waals surface area (Å²) in [4.78, 5) is 1.06. The smallest absolute Gasteiger partial charge is 0.162 e. The van der Waals surface area contributed by atoms with Crippen molar-refractivity contribution >= 4 is 11.8 Å². The van der Waals surface area contributed by atoms with E-state index >= 15 is 0 Å². The maximum absolute atomic E-state index is 9.55. The minimum atomic E-state index is -0.446. The number of rotatable bonds is 5. The van der Waals surface area contributed by atoms with Gasteiger partial charge in [-0.15, -0.1) is 11.8 Å². The van der Waals surface area contributed by atoms with Gasteiger partial charge in [-0.05, 0) is 18.2 Å². The Kier molecular flexibility index (Phi) is 4.53. The Balaban J connectivity index is 1.93. The number of ether oxygens (including phenoxy) is 3. The first-order valence-corrected chi connectivity index (χ1v) is 6.47. The maximum Gasteiger partial charge on any atom is 0.162 e. The van der Waals surface area contributed by atoms with Crippen LogP contribution in [0.15, 0.2) is 23.1 Å². The van der Waals surface area contributed by atoms with Gasteiger partial charge in [-0.3, -0.25) is 0 Å². The predicted molar refractivity (Wildman–Crippen MR) is 66.0 cm³/mol. The average Bonchev–Trinajstić information content (AvgIpc) is 2.36. The van der Waals surface area contributed by atoms with Crippen molar-refractivity contribution in [3.05, 3.63) is 18.2 Å². The highest BCUT2D eigenvalue weighted by atomic mass is 32.2. The van der Waals surface area contributed by atoms with Crippen LogP contribution in [0.1, 0.15) is 0 Å². The number of thioether (sulfide) groups is 1. The van der Waals surface area contributed by atoms with Gasteiger partial charge in [-0.2, -0.15) is 0 Å². The standard InChI is InChI=1S/C12H16O4S/c1-14-7-9(13)8-17-10-2-3-11-12(6-10)16-5-4-15-11/h2-3,6,9,13H,4-5,7-8H2,1H3. The van der Waals surface area contributed by atoms with Crippen LogP contribution in [0.4, 0.5) is 0 Å². The third kappa shape index (κ3) is 3.52. The lowest BCUT2D eigenvalue weighted by atomic mass is 10.3. The lowest BCUT2D eigenvalue weighted by Gasteiger charge is -2.19. The molecule has 0 bridgehead atoms. The van der Waals surface area contributed by atoms with Gasteiger partial charge in [0.2, 0.25) is 0 Å². The van der Waals surface area contributed by atoms with Crippen molar-refractivity contribution in [2.45, 2.75) is 11.0 Å². The molecule has 0 aliphatic carbocycles. The van der Waals surface area contributed by atoms with E-state index in [2.05, 4.69) is 0 Å². The zero-order valence-electron chi connectivity index (χ0n) is 9.72. The molecule has 1 aromatic carbocycles. The SMILES string of the molecule is COCC(O)CSc1ccc2c(c1)OCCO2. The molecule has 4 nitrogen and oxygen atoms in total. The Hall–Kier alpha value is -0.910. The molecule has 0 radical (unpaired) electrons. The molecule has 1 unspecified atom stereocenters. The minimum Gasteiger partial charge on any atom is -0.486 e. The van der Waals surface area contributed by atoms with E-state index in [0.717, 1.165) is 16.4 Å². The normalized spacial score (nSPS) is 15.6. The van der Waals surface area contributed by atoms with Gasteiger partial charge in [-0.1, -0.05) is 0 Å². The van der Waals surface area contributed by atoms with Gasteiger partial charge in [0.15, 0.2) is 11.5 Å². The molecule has 0 aromatic heterocycles. The third-order valence-corrected chi connectivity index (χ3v) is 3.45. The molecule has 94 valence electrons. The molecule has 1 atom stereocenters. The maximum atomic E-state index is 9.55. The van der Waals surface area contributed by atoms with Crippen LogP contribution in [0.25, 0.3) is 0 Å². The van der Waals surface area contributed by atoms with Crippen LogP contribution in [-0.2, 0) is 4.74 Å². The van der Waals surface area contributed by atoms with Crippen molar-refractivity contribution < 1.29 is 19.3 Å². The van der Waals surface area contributed by atoms with E-state index < -0.39 is 6.10 Å². The van der Waals surface area contributed by atoms with E-state index in [-0.39, 0.29) is 0 Å². The van der Waals surface area contributed by atoms with Crippen molar-refractivity contribution in [3.8, 4) is 11.5 Å². The van der Waals surface area contributed by atoms with Gasteiger partial charge in [0.05, 0.1) is 12.7 Å². The fourth-order valence-corrected chi connectivity index (χ4v) is 2.38. The molecule has 1 N–H and O–H groups in total. The van der Waals surface area contributed by atoms with E-state index in [4.69, 9.17) is 14.2 Å². The predicted octanol–water partition coefficient (Wildman–Crippen LogP) is 1.56. The van der Waals surface area contributed by atoms with Crippen LogP contribution >= 0.6 is 11.8 Å². The van der Waals surface area contributed by atoms with E-state index in [0.29, 0.717) is 25.6 Å². The highest BCUT2D eigenvalue weighted by molar-refractivity contribution is 7.99. The van der Waals surface area contributed by atoms with Gasteiger partial charge in [0.25, 0.3) is 0 Å². The Morgan fingerprint density at radius 1 is 1.35 bits per heavy atom. The Labute approximate surface area is 105 Å². The fourth-order valence-electron chi connectivity index (χ4n) is 1.55. The molecule has 17 heavy (non-hydrogen) atoms. The van der Waals surface area contributed by atoms with Crippen molar-refractivity contribution in [3.63, 3.8) is 0 Å². The van der Waals surface area contributed by atoms with Crippen LogP contribution in [-0.4, -0.2) is 43.9 Å². The molecular formula is C12H16O4S. The van der Waals surface area contributed by atoms with E-state index in [9.17, 15) is 5.11 Å². The molecule has 0 saturated carbocycles. The van der Waals surface area contributed by atoms with E-state index in [1.54, 1.807) is 18.9 Å². The van der Waals surface area contributed by atoms with E-state index in [1.807, 2.05) is 18.2 Å². The topological polar surface area (TPSA) is 47.9 Å². The first-order valence-electron chi connectivity index (χ1n) is 5.49. The van der Waals surface area contributed by atoms with Crippen LogP contribution in [0.3, 0.4) is 0 Å². The molecular weight excluding hydrogens is 240 g/mol. The molecule has 0 spiro atoms. The Bertz CT molecular complexity index is 370. The quantitative estimate of drug-likeness (QED) is 0.810. The second-order valence-corrected chi connectivity index (χ2v) is 4.82. The molecule has 1 heterocycles. The molecule has 1 aromatic rings. The molecule has 2 rings (SSSR count). The highest BCUT2D eigenvalue weighted by Crippen LogP contribution is 2.34. The van der Waals surface area contributed by atoms with Crippen molar-refractivity contribution in [1.82, 2.24) is 0 Å². The summed E-state index contributed by atoms with van der Waals surface area (Å²) in [5.74, 6) is 2.17. The Morgan fingerprint density at radius 2 is 2.12 bits per heavy atom. The zero-order chi connectivity index (χ0) is 12.1. The Morgan fingerprint density at radius 3 is 2.88 bits per heavy atom. The fraction of sp³-hybridized carbons (Fsp3) is 0.500. The number of hydrogen-bond donors (Lipinski definition) is 1. The number of methoxy groups -OCH3 is 1. The summed E-state index contributed by atoms with van der Waals surface area (Å²) in [5, 5.41) is 9.55. The van der Waals surface area contributed by atoms with Gasteiger partial charge >= 0.3 is 0 Å². The molecule has 5 heteroatoms. The van der Waals surface area contributed by atoms with Crippen LogP contribution in [0, 0.1) is 0 Å². The summed E-state index contributed by atoms with van der Waals surface area (Å²) in [6.45, 7) is 1.55. The number of fused-ring (bicyclic) bond motifs is 1. The molecule has 1 aliphatic heterocycles. The summed E-state index contributed by atoms with van der Waals surface area (Å²) in [5.41, 5.74) is 0. The molecule has 0 fully saturated rings. The second-order valence-electron chi connectivity index (χ2n) is 3.73. The van der Waals surface area contributed by atoms with Crippen LogP contribution < -0.4 is 9.47 Å². The van der Waals surface area contributed by atoms with Crippen LogP contribution in [0.2, 0.25) is 0 Å². The van der Waals surface area contributed by atoms with E-state index in [1.165, 1.54) is 0 Å². The van der Waals surface area contributed by atoms with Crippen molar-refractivity contribution in [2.75, 3.05) is 32.7 Å². The average molecular weight is 256 g/mol. The van der Waals surface area contributed by atoms with Gasteiger partial charge in [0, 0.05) is 17.8 Å². The highest BCUT2D eigenvalue weighted by Gasteiger charge is 2.12. The summed E-state index contributed by atoms with van der Waals surface area (Å²) >= 11 is 1.58. The van der Waals surface area contributed by atoms with Gasteiger partial charge in [0.1, 0.15) is 13.2 Å². The summed E-state index contributed by atoms with van der Waals surface area (Å²) in [7, 11) is 1.58. The van der Waals surface area contributed by atoms with Crippen molar-refractivity contribution in [1.29, 1.82) is 0 Å². The number of hydrogen-bond acceptors (Lipinski definition) is 5. The number of aliphatic hydroxyl groups excluding tert-OH is 1. The lowest BCUT2D eigenvalue weighted by Crippen LogP contribution is -2.17. The van der Waals surface area contributed by atoms with Crippen LogP contribution in [0.5, 0.6) is 11.5 Å². The zero-order valence-corrected chi connectivity index (χ0v) is 10.5. The summed E-state index contributed by atoms with van der Waals surface area (Å²) < 4.78 is 15.8. The molecule has 0 saturated heterocycles. The van der Waals surface area contributed by atoms with Gasteiger partial charge < -0.3 is 19.3 Å². The minimum absolute atomic E-state index is 0.359. The monoisotopic (exact) mass is 256 g/mol. The van der Waals surface area contributed by atoms with Crippen molar-refractivity contribution in [2.24, 2.45) is 0 Å². The lowest BCUT2D eigenvalue weighted by molar-refractivity contribution is 0.0794. The van der Waals surface area contributed by atoms with Gasteiger partial charge in [-0.25, -0.2) is 0 Å². The molecule has 1 aliphatic rings. The first-order chi connectivity index (χ1) is 8.29. The number of benzene rings is 1. The third-order valence-electron chi connectivity index (χ3n) is 2.32. The molecule has 0 amide bonds. The largest absolute Gasteiger partial charge is 0.486 e. The number of aliphatic hydroxyl groups is 1. The second kappa shape index (κ2) is 6.14. The summed E-state index contributed by atoms with van der Waals surface area (Å²) in [6.07, 6.45) is -0.446. The summed E-state index contributed by atoms with van der Waals surface area (Å²) in [6, 6.07) is 5.82. The first kappa shape index (κ1) is 12.5.